The number of furan rings is 1. The largest absolute Gasteiger partial charge is 0.493 e. The van der Waals surface area contributed by atoms with Crippen molar-refractivity contribution in [2.75, 3.05) is 19.5 Å². The van der Waals surface area contributed by atoms with Crippen LogP contribution in [-0.4, -0.2) is 25.1 Å². The molecule has 7 nitrogen and oxygen atoms in total. The number of ether oxygens (including phenoxy) is 3. The second-order valence-electron chi connectivity index (χ2n) is 7.23. The van der Waals surface area contributed by atoms with E-state index in [1.165, 1.54) is 11.3 Å². The third-order valence-corrected chi connectivity index (χ3v) is 6.12. The van der Waals surface area contributed by atoms with Gasteiger partial charge in [-0.25, -0.2) is 4.98 Å². The molecule has 0 unspecified atom stereocenters. The molecule has 2 aromatic carbocycles. The zero-order valence-electron chi connectivity index (χ0n) is 18.6. The minimum Gasteiger partial charge on any atom is -0.493 e. The van der Waals surface area contributed by atoms with Crippen LogP contribution in [0.15, 0.2) is 65.3 Å². The van der Waals surface area contributed by atoms with Gasteiger partial charge in [-0.1, -0.05) is 12.1 Å². The summed E-state index contributed by atoms with van der Waals surface area (Å²) in [6.45, 7) is 2.63. The second kappa shape index (κ2) is 10.3. The van der Waals surface area contributed by atoms with Crippen molar-refractivity contribution < 1.29 is 23.4 Å². The van der Waals surface area contributed by atoms with Crippen molar-refractivity contribution >= 4 is 22.9 Å². The van der Waals surface area contributed by atoms with Gasteiger partial charge in [-0.2, -0.15) is 0 Å². The van der Waals surface area contributed by atoms with Crippen LogP contribution < -0.4 is 14.8 Å². The van der Waals surface area contributed by atoms with Crippen LogP contribution in [0, 0.1) is 6.92 Å². The highest BCUT2D eigenvalue weighted by atomic mass is 32.1. The Morgan fingerprint density at radius 3 is 2.64 bits per heavy atom. The lowest BCUT2D eigenvalue weighted by atomic mass is 10.2. The van der Waals surface area contributed by atoms with E-state index in [2.05, 4.69) is 10.3 Å². The Kier molecular flexibility index (Phi) is 7.07. The van der Waals surface area contributed by atoms with Crippen molar-refractivity contribution in [3.05, 3.63) is 82.8 Å². The number of carbonyl (C=O) groups is 1. The van der Waals surface area contributed by atoms with Crippen LogP contribution in [0.5, 0.6) is 11.5 Å². The fourth-order valence-electron chi connectivity index (χ4n) is 3.29. The molecule has 0 radical (unpaired) electrons. The van der Waals surface area contributed by atoms with Crippen LogP contribution in [0.2, 0.25) is 0 Å². The van der Waals surface area contributed by atoms with E-state index in [9.17, 15) is 4.79 Å². The molecular weight excluding hydrogens is 440 g/mol. The molecule has 1 amide bonds. The van der Waals surface area contributed by atoms with Crippen LogP contribution in [0.3, 0.4) is 0 Å². The third kappa shape index (κ3) is 5.42. The molecule has 8 heteroatoms. The first-order chi connectivity index (χ1) is 16.1. The SMILES string of the molecule is COc1ccc(-c2nc(C)c(C(=O)Nc3cccc(COCc4ccco4)c3)s2)cc1OC. The van der Waals surface area contributed by atoms with Crippen LogP contribution in [0.4, 0.5) is 5.69 Å². The summed E-state index contributed by atoms with van der Waals surface area (Å²) in [5.41, 5.74) is 3.17. The molecular formula is C25H24N2O5S. The Bertz CT molecular complexity index is 1230. The van der Waals surface area contributed by atoms with Gasteiger partial charge in [0.15, 0.2) is 11.5 Å². The number of methoxy groups -OCH3 is 2. The lowest BCUT2D eigenvalue weighted by molar-refractivity contribution is 0.0929. The normalized spacial score (nSPS) is 10.8. The molecule has 0 bridgehead atoms. The molecule has 0 aliphatic carbocycles. The second-order valence-corrected chi connectivity index (χ2v) is 8.23. The smallest absolute Gasteiger partial charge is 0.267 e. The van der Waals surface area contributed by atoms with E-state index in [0.717, 1.165) is 21.9 Å². The Morgan fingerprint density at radius 2 is 1.88 bits per heavy atom. The first-order valence-corrected chi connectivity index (χ1v) is 11.1. The maximum atomic E-state index is 13.0. The molecule has 0 saturated heterocycles. The minimum atomic E-state index is -0.203. The highest BCUT2D eigenvalue weighted by Crippen LogP contribution is 2.35. The zero-order chi connectivity index (χ0) is 23.2. The quantitative estimate of drug-likeness (QED) is 0.342. The average Bonchev–Trinajstić information content (AvgIpc) is 3.48. The summed E-state index contributed by atoms with van der Waals surface area (Å²) in [6, 6.07) is 16.8. The van der Waals surface area contributed by atoms with E-state index >= 15 is 0 Å². The van der Waals surface area contributed by atoms with E-state index in [0.29, 0.717) is 41.0 Å². The summed E-state index contributed by atoms with van der Waals surface area (Å²) in [4.78, 5) is 18.1. The van der Waals surface area contributed by atoms with E-state index in [1.807, 2.05) is 61.5 Å². The number of anilines is 1. The highest BCUT2D eigenvalue weighted by Gasteiger charge is 2.18. The van der Waals surface area contributed by atoms with Gasteiger partial charge in [0.1, 0.15) is 22.3 Å². The topological polar surface area (TPSA) is 82.8 Å². The molecule has 0 atom stereocenters. The van der Waals surface area contributed by atoms with Crippen molar-refractivity contribution in [2.24, 2.45) is 0 Å². The predicted molar refractivity (Wildman–Crippen MR) is 127 cm³/mol. The number of benzene rings is 2. The van der Waals surface area contributed by atoms with Crippen molar-refractivity contribution in [3.8, 4) is 22.1 Å². The number of carbonyl (C=O) groups excluding carboxylic acids is 1. The van der Waals surface area contributed by atoms with Gasteiger partial charge >= 0.3 is 0 Å². The summed E-state index contributed by atoms with van der Waals surface area (Å²) in [5.74, 6) is 1.82. The first kappa shape index (κ1) is 22.6. The summed E-state index contributed by atoms with van der Waals surface area (Å²) in [6.07, 6.45) is 1.62. The van der Waals surface area contributed by atoms with Gasteiger partial charge in [-0.3, -0.25) is 4.79 Å². The number of aromatic nitrogens is 1. The van der Waals surface area contributed by atoms with Crippen molar-refractivity contribution in [1.82, 2.24) is 4.98 Å². The van der Waals surface area contributed by atoms with E-state index in [-0.39, 0.29) is 5.91 Å². The summed E-state index contributed by atoms with van der Waals surface area (Å²) >= 11 is 1.33. The molecule has 2 aromatic heterocycles. The van der Waals surface area contributed by atoms with Gasteiger partial charge in [-0.15, -0.1) is 11.3 Å². The summed E-state index contributed by atoms with van der Waals surface area (Å²) in [7, 11) is 3.18. The van der Waals surface area contributed by atoms with Crippen LogP contribution in [0.25, 0.3) is 10.6 Å². The Labute approximate surface area is 195 Å². The van der Waals surface area contributed by atoms with Crippen molar-refractivity contribution in [1.29, 1.82) is 0 Å². The first-order valence-electron chi connectivity index (χ1n) is 10.3. The molecule has 1 N–H and O–H groups in total. The molecule has 0 aliphatic rings. The van der Waals surface area contributed by atoms with E-state index < -0.39 is 0 Å². The number of hydrogen-bond acceptors (Lipinski definition) is 7. The minimum absolute atomic E-state index is 0.203. The lowest BCUT2D eigenvalue weighted by Crippen LogP contribution is -2.11. The van der Waals surface area contributed by atoms with Gasteiger partial charge < -0.3 is 23.9 Å². The molecule has 33 heavy (non-hydrogen) atoms. The molecule has 0 aliphatic heterocycles. The van der Waals surface area contributed by atoms with Gasteiger partial charge in [-0.05, 0) is 55.0 Å². The molecule has 170 valence electrons. The number of hydrogen-bond donors (Lipinski definition) is 1. The van der Waals surface area contributed by atoms with Gasteiger partial charge in [0.25, 0.3) is 5.91 Å². The van der Waals surface area contributed by atoms with Gasteiger partial charge in [0.05, 0.1) is 32.8 Å². The number of nitrogens with one attached hydrogen (secondary N) is 1. The standard InChI is InChI=1S/C25H24N2O5S/c1-16-23(33-25(26-16)18-9-10-21(29-2)22(13-18)30-3)24(28)27-19-7-4-6-17(12-19)14-31-15-20-8-5-11-32-20/h4-13H,14-15H2,1-3H3,(H,27,28). The van der Waals surface area contributed by atoms with Gasteiger partial charge in [0.2, 0.25) is 0 Å². The molecule has 0 saturated carbocycles. The third-order valence-electron chi connectivity index (χ3n) is 4.91. The predicted octanol–water partition coefficient (Wildman–Crippen LogP) is 5.70. The number of rotatable bonds is 9. The average molecular weight is 465 g/mol. The Balaban J connectivity index is 1.44. The maximum absolute atomic E-state index is 13.0. The van der Waals surface area contributed by atoms with E-state index in [4.69, 9.17) is 18.6 Å². The van der Waals surface area contributed by atoms with Crippen molar-refractivity contribution in [2.45, 2.75) is 20.1 Å². The summed E-state index contributed by atoms with van der Waals surface area (Å²) in [5, 5.41) is 3.70. The molecule has 0 fully saturated rings. The number of thiazole rings is 1. The molecule has 0 spiro atoms. The van der Waals surface area contributed by atoms with E-state index in [1.54, 1.807) is 20.5 Å². The van der Waals surface area contributed by atoms with Crippen molar-refractivity contribution in [3.63, 3.8) is 0 Å². The fourth-order valence-corrected chi connectivity index (χ4v) is 4.25. The maximum Gasteiger partial charge on any atom is 0.267 e. The molecule has 4 aromatic rings. The van der Waals surface area contributed by atoms with Crippen LogP contribution in [-0.2, 0) is 18.0 Å². The van der Waals surface area contributed by atoms with Crippen LogP contribution in [0.1, 0.15) is 26.7 Å². The number of nitrogens with zero attached hydrogens (tertiary/aromatic N) is 1. The Hall–Kier alpha value is -3.62. The number of amides is 1. The van der Waals surface area contributed by atoms with Gasteiger partial charge in [0, 0.05) is 11.3 Å². The zero-order valence-corrected chi connectivity index (χ0v) is 19.4. The lowest BCUT2D eigenvalue weighted by Gasteiger charge is -2.08. The molecule has 4 rings (SSSR count). The number of aryl methyl sites for hydroxylation is 1. The Morgan fingerprint density at radius 1 is 1.03 bits per heavy atom. The summed E-state index contributed by atoms with van der Waals surface area (Å²) < 4.78 is 21.6. The van der Waals surface area contributed by atoms with Crippen LogP contribution >= 0.6 is 11.3 Å². The molecule has 2 heterocycles. The monoisotopic (exact) mass is 464 g/mol. The fraction of sp³-hybridized carbons (Fsp3) is 0.200. The highest BCUT2D eigenvalue weighted by molar-refractivity contribution is 7.17.